The zero-order chi connectivity index (χ0) is 14.1. The number of benzene rings is 1. The molecule has 2 N–H and O–H groups in total. The number of amides is 1. The van der Waals surface area contributed by atoms with Crippen molar-refractivity contribution in [2.75, 3.05) is 0 Å². The van der Waals surface area contributed by atoms with Crippen molar-refractivity contribution in [3.63, 3.8) is 0 Å². The average molecular weight is 271 g/mol. The molecule has 1 amide bonds. The third-order valence-electron chi connectivity index (χ3n) is 4.62. The maximum atomic E-state index is 12.3. The summed E-state index contributed by atoms with van der Waals surface area (Å²) in [7, 11) is 0. The van der Waals surface area contributed by atoms with Crippen LogP contribution in [0.15, 0.2) is 24.5 Å². The number of hydrogen-bond acceptors (Lipinski definition) is 2. The Balaban J connectivity index is 1.69. The average Bonchev–Trinajstić information content (AvgIpc) is 2.90. The predicted molar refractivity (Wildman–Crippen MR) is 79.5 cm³/mol. The normalized spacial score (nSPS) is 26.6. The molecule has 3 atom stereocenters. The van der Waals surface area contributed by atoms with Gasteiger partial charge in [0.25, 0.3) is 5.91 Å². The van der Waals surface area contributed by atoms with E-state index in [1.54, 1.807) is 6.33 Å². The lowest BCUT2D eigenvalue weighted by Crippen LogP contribution is -2.39. The lowest BCUT2D eigenvalue weighted by molar-refractivity contribution is 0.0910. The van der Waals surface area contributed by atoms with Gasteiger partial charge < -0.3 is 10.3 Å². The first-order valence-electron chi connectivity index (χ1n) is 7.37. The molecule has 0 saturated heterocycles. The second-order valence-electron chi connectivity index (χ2n) is 6.07. The molecule has 3 unspecified atom stereocenters. The van der Waals surface area contributed by atoms with Gasteiger partial charge in [0.1, 0.15) is 0 Å². The molecule has 1 aliphatic rings. The molecule has 106 valence electrons. The number of hydrogen-bond donors (Lipinski definition) is 2. The van der Waals surface area contributed by atoms with Crippen molar-refractivity contribution in [3.8, 4) is 0 Å². The van der Waals surface area contributed by atoms with Crippen molar-refractivity contribution in [1.29, 1.82) is 0 Å². The molecule has 3 rings (SSSR count). The highest BCUT2D eigenvalue weighted by molar-refractivity contribution is 5.97. The molecule has 0 bridgehead atoms. The van der Waals surface area contributed by atoms with E-state index in [4.69, 9.17) is 0 Å². The first-order valence-corrected chi connectivity index (χ1v) is 7.37. The first-order chi connectivity index (χ1) is 9.63. The van der Waals surface area contributed by atoms with Crippen LogP contribution in [-0.2, 0) is 0 Å². The van der Waals surface area contributed by atoms with Gasteiger partial charge in [0.15, 0.2) is 0 Å². The lowest BCUT2D eigenvalue weighted by atomic mass is 9.79. The Hall–Kier alpha value is -1.84. The van der Waals surface area contributed by atoms with E-state index in [1.807, 2.05) is 18.2 Å². The van der Waals surface area contributed by atoms with Crippen molar-refractivity contribution < 1.29 is 4.79 Å². The summed E-state index contributed by atoms with van der Waals surface area (Å²) in [6.45, 7) is 4.58. The topological polar surface area (TPSA) is 57.8 Å². The van der Waals surface area contributed by atoms with E-state index in [2.05, 4.69) is 29.1 Å². The van der Waals surface area contributed by atoms with Crippen LogP contribution in [-0.4, -0.2) is 21.9 Å². The maximum Gasteiger partial charge on any atom is 0.251 e. The molecular weight excluding hydrogens is 250 g/mol. The molecule has 1 heterocycles. The van der Waals surface area contributed by atoms with Gasteiger partial charge in [0.05, 0.1) is 17.4 Å². The number of rotatable bonds is 2. The molecule has 1 aromatic heterocycles. The van der Waals surface area contributed by atoms with Gasteiger partial charge in [-0.05, 0) is 49.3 Å². The molecule has 4 nitrogen and oxygen atoms in total. The highest BCUT2D eigenvalue weighted by Crippen LogP contribution is 2.29. The number of aromatic amines is 1. The van der Waals surface area contributed by atoms with Gasteiger partial charge in [0.2, 0.25) is 0 Å². The van der Waals surface area contributed by atoms with Gasteiger partial charge in [-0.3, -0.25) is 4.79 Å². The van der Waals surface area contributed by atoms with Crippen molar-refractivity contribution in [2.45, 2.75) is 39.2 Å². The van der Waals surface area contributed by atoms with Crippen LogP contribution in [0.25, 0.3) is 11.0 Å². The summed E-state index contributed by atoms with van der Waals surface area (Å²) in [5, 5.41) is 3.17. The molecule has 1 fully saturated rings. The van der Waals surface area contributed by atoms with Crippen LogP contribution in [0, 0.1) is 11.8 Å². The Morgan fingerprint density at radius 3 is 2.95 bits per heavy atom. The van der Waals surface area contributed by atoms with E-state index in [1.165, 1.54) is 6.42 Å². The van der Waals surface area contributed by atoms with Gasteiger partial charge in [-0.15, -0.1) is 0 Å². The smallest absolute Gasteiger partial charge is 0.251 e. The van der Waals surface area contributed by atoms with Crippen LogP contribution < -0.4 is 5.32 Å². The summed E-state index contributed by atoms with van der Waals surface area (Å²) >= 11 is 0. The number of fused-ring (bicyclic) bond motifs is 1. The van der Waals surface area contributed by atoms with E-state index in [9.17, 15) is 4.79 Å². The molecular formula is C16H21N3O. The molecule has 0 spiro atoms. The van der Waals surface area contributed by atoms with Gasteiger partial charge in [0, 0.05) is 11.6 Å². The molecule has 2 aromatic rings. The Kier molecular flexibility index (Phi) is 3.47. The number of carbonyl (C=O) groups is 1. The fraction of sp³-hybridized carbons (Fsp3) is 0.500. The van der Waals surface area contributed by atoms with Crippen LogP contribution in [0.2, 0.25) is 0 Å². The Morgan fingerprint density at radius 2 is 2.15 bits per heavy atom. The summed E-state index contributed by atoms with van der Waals surface area (Å²) in [4.78, 5) is 19.5. The highest BCUT2D eigenvalue weighted by atomic mass is 16.1. The van der Waals surface area contributed by atoms with Crippen molar-refractivity contribution in [1.82, 2.24) is 15.3 Å². The quantitative estimate of drug-likeness (QED) is 0.881. The van der Waals surface area contributed by atoms with Gasteiger partial charge in [-0.2, -0.15) is 0 Å². The van der Waals surface area contributed by atoms with Gasteiger partial charge >= 0.3 is 0 Å². The molecule has 0 radical (unpaired) electrons. The summed E-state index contributed by atoms with van der Waals surface area (Å²) in [5.74, 6) is 1.47. The number of nitrogens with zero attached hydrogens (tertiary/aromatic N) is 1. The fourth-order valence-corrected chi connectivity index (χ4v) is 3.02. The number of H-pyrrole nitrogens is 1. The Bertz CT molecular complexity index is 619. The zero-order valence-corrected chi connectivity index (χ0v) is 12.0. The van der Waals surface area contributed by atoms with Crippen LogP contribution in [0.3, 0.4) is 0 Å². The highest BCUT2D eigenvalue weighted by Gasteiger charge is 2.25. The minimum atomic E-state index is 0.0215. The standard InChI is InChI=1S/C16H21N3O/c1-10-3-5-13(7-11(10)2)19-16(20)12-4-6-14-15(8-12)18-9-17-14/h4,6,8-11,13H,3,5,7H2,1-2H3,(H,17,18)(H,19,20). The Morgan fingerprint density at radius 1 is 1.30 bits per heavy atom. The van der Waals surface area contributed by atoms with Gasteiger partial charge in [-0.1, -0.05) is 13.8 Å². The van der Waals surface area contributed by atoms with E-state index in [-0.39, 0.29) is 5.91 Å². The van der Waals surface area contributed by atoms with Gasteiger partial charge in [-0.25, -0.2) is 4.98 Å². The van der Waals surface area contributed by atoms with Crippen molar-refractivity contribution in [2.24, 2.45) is 11.8 Å². The first kappa shape index (κ1) is 13.2. The third kappa shape index (κ3) is 2.55. The van der Waals surface area contributed by atoms with E-state index >= 15 is 0 Å². The molecule has 20 heavy (non-hydrogen) atoms. The molecule has 1 aliphatic carbocycles. The van der Waals surface area contributed by atoms with Crippen LogP contribution in [0.4, 0.5) is 0 Å². The molecule has 1 aromatic carbocycles. The summed E-state index contributed by atoms with van der Waals surface area (Å²) in [6.07, 6.45) is 5.02. The molecule has 4 heteroatoms. The van der Waals surface area contributed by atoms with E-state index in [0.29, 0.717) is 17.5 Å². The van der Waals surface area contributed by atoms with Crippen molar-refractivity contribution in [3.05, 3.63) is 30.1 Å². The van der Waals surface area contributed by atoms with Crippen LogP contribution >= 0.6 is 0 Å². The predicted octanol–water partition coefficient (Wildman–Crippen LogP) is 3.12. The summed E-state index contributed by atoms with van der Waals surface area (Å²) in [5.41, 5.74) is 2.50. The SMILES string of the molecule is CC1CCC(NC(=O)c2ccc3nc[nH]c3c2)CC1C. The summed E-state index contributed by atoms with van der Waals surface area (Å²) < 4.78 is 0. The number of carbonyl (C=O) groups excluding carboxylic acids is 1. The fourth-order valence-electron chi connectivity index (χ4n) is 3.02. The molecule has 1 saturated carbocycles. The number of imidazole rings is 1. The number of nitrogens with one attached hydrogen (secondary N) is 2. The second-order valence-corrected chi connectivity index (χ2v) is 6.07. The summed E-state index contributed by atoms with van der Waals surface area (Å²) in [6, 6.07) is 5.90. The minimum Gasteiger partial charge on any atom is -0.349 e. The van der Waals surface area contributed by atoms with E-state index in [0.717, 1.165) is 29.8 Å². The lowest BCUT2D eigenvalue weighted by Gasteiger charge is -2.32. The van der Waals surface area contributed by atoms with Crippen LogP contribution in [0.5, 0.6) is 0 Å². The van der Waals surface area contributed by atoms with Crippen molar-refractivity contribution >= 4 is 16.9 Å². The third-order valence-corrected chi connectivity index (χ3v) is 4.62. The molecule has 0 aliphatic heterocycles. The van der Waals surface area contributed by atoms with Crippen LogP contribution in [0.1, 0.15) is 43.5 Å². The minimum absolute atomic E-state index is 0.0215. The number of aromatic nitrogens is 2. The second kappa shape index (κ2) is 5.27. The maximum absolute atomic E-state index is 12.3. The monoisotopic (exact) mass is 271 g/mol. The zero-order valence-electron chi connectivity index (χ0n) is 12.0. The van der Waals surface area contributed by atoms with E-state index < -0.39 is 0 Å². The largest absolute Gasteiger partial charge is 0.349 e. The Labute approximate surface area is 119 Å².